The summed E-state index contributed by atoms with van der Waals surface area (Å²) in [7, 11) is 0. The van der Waals surface area contributed by atoms with Crippen LogP contribution in [0.15, 0.2) is 34.7 Å². The number of carbonyl (C=O) groups is 1. The highest BCUT2D eigenvalue weighted by Crippen LogP contribution is 2.37. The van der Waals surface area contributed by atoms with Crippen molar-refractivity contribution in [1.82, 2.24) is 0 Å². The molecule has 1 aliphatic heterocycles. The molecule has 8 heteroatoms. The van der Waals surface area contributed by atoms with Crippen molar-refractivity contribution in [2.45, 2.75) is 45.3 Å². The summed E-state index contributed by atoms with van der Waals surface area (Å²) in [4.78, 5) is 26.8. The van der Waals surface area contributed by atoms with E-state index in [1.165, 1.54) is 17.8 Å². The molecule has 1 aromatic rings. The van der Waals surface area contributed by atoms with Crippen LogP contribution < -0.4 is 0 Å². The third-order valence-corrected chi connectivity index (χ3v) is 4.16. The van der Waals surface area contributed by atoms with Gasteiger partial charge in [0.05, 0.1) is 16.4 Å². The van der Waals surface area contributed by atoms with Gasteiger partial charge in [-0.3, -0.25) is 19.9 Å². The first-order valence-electron chi connectivity index (χ1n) is 7.59. The van der Waals surface area contributed by atoms with E-state index >= 15 is 0 Å². The summed E-state index contributed by atoms with van der Waals surface area (Å²) < 4.78 is 19.5. The van der Waals surface area contributed by atoms with Crippen LogP contribution in [0.1, 0.15) is 39.7 Å². The number of carbonyl (C=O) groups excluding carboxylic acids is 1. The largest absolute Gasteiger partial charge is 0.460 e. The molecule has 0 amide bonds. The van der Waals surface area contributed by atoms with Gasteiger partial charge in [0.2, 0.25) is 0 Å². The molecule has 0 aliphatic carbocycles. The van der Waals surface area contributed by atoms with Crippen molar-refractivity contribution in [3.8, 4) is 0 Å². The Morgan fingerprint density at radius 1 is 1.44 bits per heavy atom. The fourth-order valence-electron chi connectivity index (χ4n) is 2.31. The van der Waals surface area contributed by atoms with E-state index in [-0.39, 0.29) is 17.7 Å². The average molecular weight is 366 g/mol. The van der Waals surface area contributed by atoms with Gasteiger partial charge in [0.25, 0.3) is 5.69 Å². The van der Waals surface area contributed by atoms with Crippen LogP contribution in [0.4, 0.5) is 10.1 Å². The van der Waals surface area contributed by atoms with Gasteiger partial charge in [-0.1, -0.05) is 11.8 Å². The first-order valence-corrected chi connectivity index (χ1v) is 8.47. The Morgan fingerprint density at radius 2 is 2.12 bits per heavy atom. The summed E-state index contributed by atoms with van der Waals surface area (Å²) in [5, 5.41) is 13.1. The molecular formula is C17H19FN2O4S. The number of hydrogen-bond donors (Lipinski definition) is 0. The van der Waals surface area contributed by atoms with Crippen molar-refractivity contribution in [3.63, 3.8) is 0 Å². The average Bonchev–Trinajstić information content (AvgIpc) is 2.45. The maximum Gasteiger partial charge on any atom is 0.312 e. The van der Waals surface area contributed by atoms with E-state index in [0.29, 0.717) is 5.04 Å². The molecule has 0 spiro atoms. The Labute approximate surface area is 149 Å². The van der Waals surface area contributed by atoms with Crippen LogP contribution in [0.5, 0.6) is 0 Å². The van der Waals surface area contributed by atoms with Crippen molar-refractivity contribution in [1.29, 1.82) is 0 Å². The van der Waals surface area contributed by atoms with Crippen molar-refractivity contribution in [2.24, 2.45) is 4.99 Å². The van der Waals surface area contributed by atoms with Crippen molar-refractivity contribution < 1.29 is 18.8 Å². The van der Waals surface area contributed by atoms with Crippen molar-refractivity contribution in [3.05, 3.63) is 51.2 Å². The molecule has 0 saturated heterocycles. The highest BCUT2D eigenvalue weighted by Gasteiger charge is 2.31. The zero-order chi connectivity index (χ0) is 18.8. The maximum atomic E-state index is 14.3. The zero-order valence-electron chi connectivity index (χ0n) is 14.4. The predicted molar refractivity (Wildman–Crippen MR) is 95.0 cm³/mol. The molecular weight excluding hydrogens is 347 g/mol. The summed E-state index contributed by atoms with van der Waals surface area (Å²) in [6.45, 7) is 6.94. The third-order valence-electron chi connectivity index (χ3n) is 3.38. The molecule has 1 aliphatic rings. The zero-order valence-corrected chi connectivity index (χ0v) is 15.2. The monoisotopic (exact) mass is 366 g/mol. The highest BCUT2D eigenvalue weighted by molar-refractivity contribution is 8.16. The van der Waals surface area contributed by atoms with Crippen LogP contribution in [-0.2, 0) is 15.1 Å². The van der Waals surface area contributed by atoms with Crippen LogP contribution in [-0.4, -0.2) is 21.5 Å². The molecule has 0 unspecified atom stereocenters. The molecule has 0 N–H and O–H groups in total. The van der Waals surface area contributed by atoms with Crippen LogP contribution in [0.25, 0.3) is 0 Å². The number of halogens is 1. The van der Waals surface area contributed by atoms with E-state index in [2.05, 4.69) is 4.99 Å². The van der Waals surface area contributed by atoms with Gasteiger partial charge in [-0.15, -0.1) is 0 Å². The Bertz CT molecular complexity index is 770. The summed E-state index contributed by atoms with van der Waals surface area (Å²) in [5.74, 6) is -1.03. The number of nitro groups is 1. The van der Waals surface area contributed by atoms with E-state index < -0.39 is 27.8 Å². The lowest BCUT2D eigenvalue weighted by molar-refractivity contribution is -0.385. The number of nitrogens with zero attached hydrogens (tertiary/aromatic N) is 2. The molecule has 1 aromatic carbocycles. The molecule has 2 rings (SSSR count). The number of hydrogen-bond acceptors (Lipinski definition) is 6. The molecule has 0 saturated carbocycles. The fraction of sp³-hybridized carbons (Fsp3) is 0.412. The number of nitro benzene ring substituents is 1. The molecule has 0 radical (unpaired) electrons. The molecule has 1 atom stereocenters. The fourth-order valence-corrected chi connectivity index (χ4v) is 3.25. The second kappa shape index (κ2) is 6.95. The SMILES string of the molecule is CC(C)(C)OC(=O)CC1=N[C@](C)(c2cc([N+](=O)[O-])ccc2F)C=CS1. The molecule has 134 valence electrons. The van der Waals surface area contributed by atoms with E-state index in [1.807, 2.05) is 0 Å². The van der Waals surface area contributed by atoms with Gasteiger partial charge < -0.3 is 4.74 Å². The molecule has 0 bridgehead atoms. The Balaban J connectivity index is 2.31. The lowest BCUT2D eigenvalue weighted by atomic mass is 9.91. The molecule has 0 aromatic heterocycles. The number of rotatable bonds is 4. The number of thioether (sulfide) groups is 1. The van der Waals surface area contributed by atoms with Crippen LogP contribution in [0.3, 0.4) is 0 Å². The van der Waals surface area contributed by atoms with E-state index in [9.17, 15) is 19.3 Å². The first kappa shape index (κ1) is 19.1. The van der Waals surface area contributed by atoms with Gasteiger partial charge in [-0.2, -0.15) is 0 Å². The van der Waals surface area contributed by atoms with E-state index in [1.54, 1.807) is 39.2 Å². The number of esters is 1. The molecule has 1 heterocycles. The lowest BCUT2D eigenvalue weighted by Crippen LogP contribution is -2.27. The minimum Gasteiger partial charge on any atom is -0.460 e. The van der Waals surface area contributed by atoms with Gasteiger partial charge in [-0.25, -0.2) is 4.39 Å². The van der Waals surface area contributed by atoms with Crippen LogP contribution in [0.2, 0.25) is 0 Å². The minimum absolute atomic E-state index is 0.0432. The standard InChI is InChI=1S/C17H19FN2O4S/c1-16(2,3)24-15(21)10-14-19-17(4,7-8-25-14)12-9-11(20(22)23)5-6-13(12)18/h5-9H,10H2,1-4H3/t17-/m0/s1. The van der Waals surface area contributed by atoms with Crippen LogP contribution in [0, 0.1) is 15.9 Å². The summed E-state index contributed by atoms with van der Waals surface area (Å²) in [5.41, 5.74) is -1.87. The second-order valence-corrected chi connectivity index (χ2v) is 7.74. The predicted octanol–water partition coefficient (Wildman–Crippen LogP) is 4.34. The topological polar surface area (TPSA) is 81.8 Å². The molecule has 6 nitrogen and oxygen atoms in total. The third kappa shape index (κ3) is 4.88. The number of benzene rings is 1. The number of ether oxygens (including phenoxy) is 1. The normalized spacial score (nSPS) is 20.1. The Hall–Kier alpha value is -2.22. The van der Waals surface area contributed by atoms with Gasteiger partial charge in [-0.05, 0) is 45.2 Å². The van der Waals surface area contributed by atoms with Crippen molar-refractivity contribution in [2.75, 3.05) is 0 Å². The highest BCUT2D eigenvalue weighted by atomic mass is 32.2. The van der Waals surface area contributed by atoms with Gasteiger partial charge in [0, 0.05) is 17.7 Å². The minimum atomic E-state index is -1.13. The van der Waals surface area contributed by atoms with Crippen LogP contribution >= 0.6 is 11.8 Å². The van der Waals surface area contributed by atoms with Gasteiger partial charge in [0.15, 0.2) is 0 Å². The maximum absolute atomic E-state index is 14.3. The Kier molecular flexibility index (Phi) is 5.31. The summed E-state index contributed by atoms with van der Waals surface area (Å²) >= 11 is 1.24. The smallest absolute Gasteiger partial charge is 0.312 e. The first-order chi connectivity index (χ1) is 11.5. The molecule has 25 heavy (non-hydrogen) atoms. The molecule has 0 fully saturated rings. The number of aliphatic imine (C=N–C) groups is 1. The van der Waals surface area contributed by atoms with E-state index in [4.69, 9.17) is 4.74 Å². The van der Waals surface area contributed by atoms with Crippen molar-refractivity contribution >= 4 is 28.5 Å². The van der Waals surface area contributed by atoms with Gasteiger partial charge >= 0.3 is 5.97 Å². The lowest BCUT2D eigenvalue weighted by Gasteiger charge is -2.27. The summed E-state index contributed by atoms with van der Waals surface area (Å²) in [6, 6.07) is 3.33. The van der Waals surface area contributed by atoms with Gasteiger partial charge in [0.1, 0.15) is 17.0 Å². The number of non-ortho nitro benzene ring substituents is 1. The Morgan fingerprint density at radius 3 is 2.72 bits per heavy atom. The second-order valence-electron chi connectivity index (χ2n) is 6.76. The summed E-state index contributed by atoms with van der Waals surface area (Å²) in [6.07, 6.45) is 1.61. The van der Waals surface area contributed by atoms with E-state index in [0.717, 1.165) is 12.1 Å². The quantitative estimate of drug-likeness (QED) is 0.450.